The van der Waals surface area contributed by atoms with Gasteiger partial charge in [-0.3, -0.25) is 9.59 Å². The van der Waals surface area contributed by atoms with Gasteiger partial charge in [-0.25, -0.2) is 4.79 Å². The molecule has 0 bridgehead atoms. The number of nitrogens with zero attached hydrogens (tertiary/aromatic N) is 2. The van der Waals surface area contributed by atoms with E-state index in [1.165, 1.54) is 12.0 Å². The summed E-state index contributed by atoms with van der Waals surface area (Å²) in [6, 6.07) is 14.0. The molecule has 7 nitrogen and oxygen atoms in total. The molecule has 0 spiro atoms. The number of esters is 1. The highest BCUT2D eigenvalue weighted by atomic mass is 16.6. The summed E-state index contributed by atoms with van der Waals surface area (Å²) in [7, 11) is 1.29. The Labute approximate surface area is 162 Å². The number of amides is 2. The number of benzene rings is 2. The van der Waals surface area contributed by atoms with Crippen LogP contribution in [0.2, 0.25) is 0 Å². The zero-order chi connectivity index (χ0) is 19.7. The van der Waals surface area contributed by atoms with Gasteiger partial charge in [-0.2, -0.15) is 0 Å². The first kappa shape index (κ1) is 18.0. The van der Waals surface area contributed by atoms with E-state index in [0.29, 0.717) is 30.0 Å². The van der Waals surface area contributed by atoms with E-state index in [-0.39, 0.29) is 18.4 Å². The third-order valence-electron chi connectivity index (χ3n) is 4.98. The lowest BCUT2D eigenvalue weighted by molar-refractivity contribution is -0.148. The second-order valence-corrected chi connectivity index (χ2v) is 6.71. The fourth-order valence-electron chi connectivity index (χ4n) is 3.54. The number of methoxy groups -OCH3 is 1. The van der Waals surface area contributed by atoms with E-state index < -0.39 is 12.1 Å². The van der Waals surface area contributed by atoms with E-state index in [4.69, 9.17) is 9.47 Å². The van der Waals surface area contributed by atoms with Gasteiger partial charge in [0.25, 0.3) is 5.91 Å². The summed E-state index contributed by atoms with van der Waals surface area (Å²) in [5.41, 5.74) is 1.86. The van der Waals surface area contributed by atoms with E-state index in [2.05, 4.69) is 0 Å². The number of hydrogen-bond donors (Lipinski definition) is 0. The maximum atomic E-state index is 13.2. The third kappa shape index (κ3) is 3.19. The number of carbonyl (C=O) groups excluding carboxylic acids is 3. The van der Waals surface area contributed by atoms with Crippen molar-refractivity contribution in [2.45, 2.75) is 18.9 Å². The van der Waals surface area contributed by atoms with E-state index in [1.54, 1.807) is 47.4 Å². The van der Waals surface area contributed by atoms with Crippen LogP contribution in [0.15, 0.2) is 48.5 Å². The largest absolute Gasteiger partial charge is 0.475 e. The molecule has 2 amide bonds. The lowest BCUT2D eigenvalue weighted by atomic mass is 10.1. The number of rotatable bonds is 3. The minimum absolute atomic E-state index is 0.0644. The van der Waals surface area contributed by atoms with Gasteiger partial charge in [0.05, 0.1) is 19.3 Å². The molecule has 0 radical (unpaired) electrons. The molecule has 0 aromatic heterocycles. The maximum absolute atomic E-state index is 13.2. The van der Waals surface area contributed by atoms with Gasteiger partial charge in [-0.05, 0) is 42.8 Å². The molecule has 7 heteroatoms. The Morgan fingerprint density at radius 2 is 1.86 bits per heavy atom. The smallest absolute Gasteiger partial charge is 0.348 e. The number of anilines is 2. The Hall–Kier alpha value is -3.35. The molecular weight excluding hydrogens is 360 g/mol. The van der Waals surface area contributed by atoms with Crippen LogP contribution < -0.4 is 14.5 Å². The van der Waals surface area contributed by atoms with Crippen molar-refractivity contribution < 1.29 is 23.9 Å². The summed E-state index contributed by atoms with van der Waals surface area (Å²) in [6.07, 6.45) is 0.518. The Balaban J connectivity index is 1.61. The molecule has 28 heavy (non-hydrogen) atoms. The molecule has 2 aliphatic rings. The summed E-state index contributed by atoms with van der Waals surface area (Å²) in [4.78, 5) is 40.3. The van der Waals surface area contributed by atoms with Crippen molar-refractivity contribution in [3.8, 4) is 5.75 Å². The monoisotopic (exact) mass is 380 g/mol. The van der Waals surface area contributed by atoms with Crippen molar-refractivity contribution in [2.24, 2.45) is 0 Å². The first-order chi connectivity index (χ1) is 13.6. The zero-order valence-electron chi connectivity index (χ0n) is 15.5. The second-order valence-electron chi connectivity index (χ2n) is 6.71. The average molecular weight is 380 g/mol. The van der Waals surface area contributed by atoms with Gasteiger partial charge in [-0.15, -0.1) is 0 Å². The molecule has 1 atom stereocenters. The van der Waals surface area contributed by atoms with Crippen molar-refractivity contribution in [3.05, 3.63) is 54.1 Å². The second kappa shape index (κ2) is 7.34. The van der Waals surface area contributed by atoms with Crippen molar-refractivity contribution in [3.63, 3.8) is 0 Å². The number of fused-ring (bicyclic) bond motifs is 1. The molecule has 4 rings (SSSR count). The Kier molecular flexibility index (Phi) is 4.73. The van der Waals surface area contributed by atoms with Crippen molar-refractivity contribution in [1.82, 2.24) is 0 Å². The van der Waals surface area contributed by atoms with Gasteiger partial charge in [0.15, 0.2) is 0 Å². The highest BCUT2D eigenvalue weighted by molar-refractivity contribution is 6.08. The average Bonchev–Trinajstić information content (AvgIpc) is 3.17. The minimum atomic E-state index is -0.884. The minimum Gasteiger partial charge on any atom is -0.475 e. The summed E-state index contributed by atoms with van der Waals surface area (Å²) in [5.74, 6) is -0.224. The molecule has 0 unspecified atom stereocenters. The molecule has 0 saturated carbocycles. The van der Waals surface area contributed by atoms with Crippen LogP contribution in [0.4, 0.5) is 11.4 Å². The van der Waals surface area contributed by atoms with Gasteiger partial charge >= 0.3 is 5.97 Å². The lowest BCUT2D eigenvalue weighted by Gasteiger charge is -2.33. The molecule has 144 valence electrons. The molecule has 2 aromatic carbocycles. The van der Waals surface area contributed by atoms with E-state index in [0.717, 1.165) is 12.1 Å². The normalized spacial score (nSPS) is 18.5. The van der Waals surface area contributed by atoms with Gasteiger partial charge in [0.2, 0.25) is 12.0 Å². The molecule has 0 aliphatic carbocycles. The van der Waals surface area contributed by atoms with Crippen LogP contribution >= 0.6 is 0 Å². The molecule has 2 heterocycles. The number of ether oxygens (including phenoxy) is 2. The summed E-state index contributed by atoms with van der Waals surface area (Å²) < 4.78 is 10.5. The van der Waals surface area contributed by atoms with E-state index >= 15 is 0 Å². The van der Waals surface area contributed by atoms with Crippen LogP contribution in [-0.2, 0) is 14.3 Å². The Morgan fingerprint density at radius 3 is 2.54 bits per heavy atom. The standard InChI is InChI=1S/C21H20N2O5/c1-27-21(26)18-13-23(16-5-2-3-6-17(16)28-18)20(25)14-8-10-15(11-9-14)22-12-4-7-19(22)24/h2-3,5-6,8-11,18H,4,7,12-13H2,1H3/t18-/m0/s1. The van der Waals surface area contributed by atoms with Crippen molar-refractivity contribution >= 4 is 29.2 Å². The van der Waals surface area contributed by atoms with Crippen LogP contribution in [0.5, 0.6) is 5.75 Å². The Bertz CT molecular complexity index is 925. The van der Waals surface area contributed by atoms with Gasteiger partial charge in [0, 0.05) is 24.2 Å². The molecule has 1 fully saturated rings. The third-order valence-corrected chi connectivity index (χ3v) is 4.98. The summed E-state index contributed by atoms with van der Waals surface area (Å²) in [6.45, 7) is 0.763. The number of carbonyl (C=O) groups is 3. The molecular formula is C21H20N2O5. The summed E-state index contributed by atoms with van der Waals surface area (Å²) in [5, 5.41) is 0. The fraction of sp³-hybridized carbons (Fsp3) is 0.286. The quantitative estimate of drug-likeness (QED) is 0.765. The number of para-hydroxylation sites is 2. The van der Waals surface area contributed by atoms with E-state index in [9.17, 15) is 14.4 Å². The molecule has 2 aliphatic heterocycles. The van der Waals surface area contributed by atoms with Crippen LogP contribution in [0.1, 0.15) is 23.2 Å². The zero-order valence-corrected chi connectivity index (χ0v) is 15.5. The van der Waals surface area contributed by atoms with Crippen LogP contribution in [0, 0.1) is 0 Å². The molecule has 1 saturated heterocycles. The van der Waals surface area contributed by atoms with E-state index in [1.807, 2.05) is 6.07 Å². The van der Waals surface area contributed by atoms with Gasteiger partial charge < -0.3 is 19.3 Å². The van der Waals surface area contributed by atoms with Crippen LogP contribution in [0.25, 0.3) is 0 Å². The SMILES string of the molecule is COC(=O)[C@@H]1CN(C(=O)c2ccc(N3CCCC3=O)cc2)c2ccccc2O1. The predicted molar refractivity (Wildman–Crippen MR) is 103 cm³/mol. The highest BCUT2D eigenvalue weighted by Gasteiger charge is 2.34. The first-order valence-electron chi connectivity index (χ1n) is 9.14. The lowest BCUT2D eigenvalue weighted by Crippen LogP contribution is -2.47. The molecule has 2 aromatic rings. The highest BCUT2D eigenvalue weighted by Crippen LogP contribution is 2.34. The first-order valence-corrected chi connectivity index (χ1v) is 9.14. The summed E-state index contributed by atoms with van der Waals surface area (Å²) >= 11 is 0. The maximum Gasteiger partial charge on any atom is 0.348 e. The van der Waals surface area contributed by atoms with Gasteiger partial charge in [0.1, 0.15) is 5.75 Å². The Morgan fingerprint density at radius 1 is 1.11 bits per heavy atom. The predicted octanol–water partition coefficient (Wildman–Crippen LogP) is 2.39. The molecule has 0 N–H and O–H groups in total. The van der Waals surface area contributed by atoms with Gasteiger partial charge in [-0.1, -0.05) is 12.1 Å². The van der Waals surface area contributed by atoms with Crippen molar-refractivity contribution in [2.75, 3.05) is 30.0 Å². The van der Waals surface area contributed by atoms with Crippen LogP contribution in [0.3, 0.4) is 0 Å². The van der Waals surface area contributed by atoms with Crippen LogP contribution in [-0.4, -0.2) is 44.1 Å². The fourth-order valence-corrected chi connectivity index (χ4v) is 3.54. The topological polar surface area (TPSA) is 76.2 Å². The number of hydrogen-bond acceptors (Lipinski definition) is 5. The van der Waals surface area contributed by atoms with Crippen molar-refractivity contribution in [1.29, 1.82) is 0 Å².